The predicted octanol–water partition coefficient (Wildman–Crippen LogP) is 1.73. The normalized spacial score (nSPS) is 12.6. The van der Waals surface area contributed by atoms with Gasteiger partial charge in [0.2, 0.25) is 0 Å². The molecule has 1 unspecified atom stereocenters. The summed E-state index contributed by atoms with van der Waals surface area (Å²) in [6.07, 6.45) is 0.429. The molecule has 0 spiro atoms. The van der Waals surface area contributed by atoms with Gasteiger partial charge < -0.3 is 10.5 Å². The minimum Gasteiger partial charge on any atom is -0.465 e. The average Bonchev–Trinajstić information content (AvgIpc) is 2.71. The maximum Gasteiger partial charge on any atom is 0.323 e. The van der Waals surface area contributed by atoms with Crippen LogP contribution in [0.4, 0.5) is 0 Å². The van der Waals surface area contributed by atoms with E-state index in [-0.39, 0.29) is 5.97 Å². The van der Waals surface area contributed by atoms with E-state index >= 15 is 0 Å². The maximum atomic E-state index is 11.4. The lowest BCUT2D eigenvalue weighted by Gasteiger charge is -2.07. The van der Waals surface area contributed by atoms with Crippen molar-refractivity contribution in [1.82, 2.24) is 4.98 Å². The summed E-state index contributed by atoms with van der Waals surface area (Å²) in [6.45, 7) is 2.12. The van der Waals surface area contributed by atoms with Crippen molar-refractivity contribution < 1.29 is 9.53 Å². The second kappa shape index (κ2) is 5.25. The van der Waals surface area contributed by atoms with E-state index in [1.165, 1.54) is 0 Å². The van der Waals surface area contributed by atoms with E-state index in [1.807, 2.05) is 24.3 Å². The molecule has 0 bridgehead atoms. The molecule has 0 amide bonds. The molecule has 1 aromatic heterocycles. The lowest BCUT2D eigenvalue weighted by Crippen LogP contribution is -2.34. The number of carbonyl (C=O) groups excluding carboxylic acids is 1. The third-order valence-corrected chi connectivity index (χ3v) is 3.38. The summed E-state index contributed by atoms with van der Waals surface area (Å²) < 4.78 is 5.97. The summed E-state index contributed by atoms with van der Waals surface area (Å²) in [4.78, 5) is 15.8. The molecule has 17 heavy (non-hydrogen) atoms. The zero-order valence-electron chi connectivity index (χ0n) is 9.55. The molecule has 0 aliphatic rings. The standard InChI is InChI=1S/C12H14N2O2S/c1-2-16-12(15)8(13)7-11-14-9-5-3-4-6-10(9)17-11/h3-6,8H,2,7,13H2,1H3. The highest BCUT2D eigenvalue weighted by Crippen LogP contribution is 2.22. The van der Waals surface area contributed by atoms with Crippen LogP contribution in [-0.2, 0) is 16.0 Å². The Bertz CT molecular complexity index is 491. The molecule has 0 aliphatic heterocycles. The third-order valence-electron chi connectivity index (χ3n) is 2.32. The van der Waals surface area contributed by atoms with E-state index < -0.39 is 6.04 Å². The summed E-state index contributed by atoms with van der Waals surface area (Å²) in [5, 5.41) is 0.867. The molecule has 0 radical (unpaired) electrons. The number of para-hydroxylation sites is 1. The van der Waals surface area contributed by atoms with Crippen LogP contribution in [0.5, 0.6) is 0 Å². The number of nitrogens with two attached hydrogens (primary N) is 1. The molecule has 2 aromatic rings. The average molecular weight is 250 g/mol. The Kier molecular flexibility index (Phi) is 3.71. The minimum absolute atomic E-state index is 0.354. The molecule has 90 valence electrons. The molecule has 0 fully saturated rings. The van der Waals surface area contributed by atoms with Gasteiger partial charge in [0.25, 0.3) is 0 Å². The number of thiazole rings is 1. The SMILES string of the molecule is CCOC(=O)C(N)Cc1nc2ccccc2s1. The second-order valence-electron chi connectivity index (χ2n) is 3.64. The molecule has 1 atom stereocenters. The van der Waals surface area contributed by atoms with Gasteiger partial charge in [-0.2, -0.15) is 0 Å². The first-order valence-electron chi connectivity index (χ1n) is 5.47. The van der Waals surface area contributed by atoms with Gasteiger partial charge in [-0.1, -0.05) is 12.1 Å². The Balaban J connectivity index is 2.10. The molecule has 4 nitrogen and oxygen atoms in total. The summed E-state index contributed by atoms with van der Waals surface area (Å²) in [6, 6.07) is 7.24. The molecule has 1 heterocycles. The predicted molar refractivity (Wildman–Crippen MR) is 67.9 cm³/mol. The summed E-state index contributed by atoms with van der Waals surface area (Å²) in [5.74, 6) is -0.369. The van der Waals surface area contributed by atoms with Gasteiger partial charge in [-0.05, 0) is 19.1 Å². The van der Waals surface area contributed by atoms with Crippen LogP contribution < -0.4 is 5.73 Å². The number of carbonyl (C=O) groups is 1. The van der Waals surface area contributed by atoms with Gasteiger partial charge in [-0.15, -0.1) is 11.3 Å². The molecule has 2 N–H and O–H groups in total. The molecule has 5 heteroatoms. The number of ether oxygens (including phenoxy) is 1. The second-order valence-corrected chi connectivity index (χ2v) is 4.75. The number of rotatable bonds is 4. The summed E-state index contributed by atoms with van der Waals surface area (Å²) in [5.41, 5.74) is 6.70. The van der Waals surface area contributed by atoms with E-state index in [4.69, 9.17) is 10.5 Å². The molecule has 0 aliphatic carbocycles. The fourth-order valence-electron chi connectivity index (χ4n) is 1.53. The van der Waals surface area contributed by atoms with Gasteiger partial charge in [-0.3, -0.25) is 4.79 Å². The van der Waals surface area contributed by atoms with E-state index in [0.717, 1.165) is 15.2 Å². The van der Waals surface area contributed by atoms with E-state index in [9.17, 15) is 4.79 Å². The highest BCUT2D eigenvalue weighted by molar-refractivity contribution is 7.18. The maximum absolute atomic E-state index is 11.4. The van der Waals surface area contributed by atoms with Crippen LogP contribution in [0.3, 0.4) is 0 Å². The number of benzene rings is 1. The summed E-state index contributed by atoms with van der Waals surface area (Å²) >= 11 is 1.56. The zero-order valence-corrected chi connectivity index (χ0v) is 10.4. The monoisotopic (exact) mass is 250 g/mol. The first kappa shape index (κ1) is 12.0. The molecule has 0 saturated heterocycles. The molecular weight excluding hydrogens is 236 g/mol. The van der Waals surface area contributed by atoms with Gasteiger partial charge in [0, 0.05) is 6.42 Å². The number of hydrogen-bond donors (Lipinski definition) is 1. The van der Waals surface area contributed by atoms with Crippen LogP contribution in [0.25, 0.3) is 10.2 Å². The van der Waals surface area contributed by atoms with Crippen LogP contribution in [0.1, 0.15) is 11.9 Å². The lowest BCUT2D eigenvalue weighted by atomic mass is 10.2. The number of hydrogen-bond acceptors (Lipinski definition) is 5. The Hall–Kier alpha value is -1.46. The molecule has 2 rings (SSSR count). The van der Waals surface area contributed by atoms with Crippen molar-refractivity contribution in [3.63, 3.8) is 0 Å². The van der Waals surface area contributed by atoms with Crippen molar-refractivity contribution in [2.75, 3.05) is 6.61 Å². The third kappa shape index (κ3) is 2.81. The van der Waals surface area contributed by atoms with Crippen molar-refractivity contribution in [2.45, 2.75) is 19.4 Å². The Morgan fingerprint density at radius 1 is 1.53 bits per heavy atom. The zero-order chi connectivity index (χ0) is 12.3. The van der Waals surface area contributed by atoms with Gasteiger partial charge in [0.05, 0.1) is 21.8 Å². The lowest BCUT2D eigenvalue weighted by molar-refractivity contribution is -0.144. The van der Waals surface area contributed by atoms with E-state index in [0.29, 0.717) is 13.0 Å². The van der Waals surface area contributed by atoms with Crippen LogP contribution in [-0.4, -0.2) is 23.6 Å². The largest absolute Gasteiger partial charge is 0.465 e. The van der Waals surface area contributed by atoms with Gasteiger partial charge in [0.1, 0.15) is 6.04 Å². The van der Waals surface area contributed by atoms with Crippen LogP contribution >= 0.6 is 11.3 Å². The number of aromatic nitrogens is 1. The Morgan fingerprint density at radius 2 is 2.29 bits per heavy atom. The van der Waals surface area contributed by atoms with Crippen molar-refractivity contribution in [3.8, 4) is 0 Å². The van der Waals surface area contributed by atoms with Crippen molar-refractivity contribution in [3.05, 3.63) is 29.3 Å². The van der Waals surface area contributed by atoms with E-state index in [2.05, 4.69) is 4.98 Å². The molecule has 1 aromatic carbocycles. The van der Waals surface area contributed by atoms with Gasteiger partial charge in [-0.25, -0.2) is 4.98 Å². The number of esters is 1. The van der Waals surface area contributed by atoms with E-state index in [1.54, 1.807) is 18.3 Å². The highest BCUT2D eigenvalue weighted by Gasteiger charge is 2.17. The smallest absolute Gasteiger partial charge is 0.323 e. The van der Waals surface area contributed by atoms with Crippen LogP contribution in [0, 0.1) is 0 Å². The topological polar surface area (TPSA) is 65.2 Å². The molecule has 0 saturated carbocycles. The van der Waals surface area contributed by atoms with Crippen molar-refractivity contribution >= 4 is 27.5 Å². The fraction of sp³-hybridized carbons (Fsp3) is 0.333. The van der Waals surface area contributed by atoms with Crippen molar-refractivity contribution in [2.24, 2.45) is 5.73 Å². The summed E-state index contributed by atoms with van der Waals surface area (Å²) in [7, 11) is 0. The first-order chi connectivity index (χ1) is 8.20. The fourth-order valence-corrected chi connectivity index (χ4v) is 2.55. The first-order valence-corrected chi connectivity index (χ1v) is 6.29. The van der Waals surface area contributed by atoms with Crippen molar-refractivity contribution in [1.29, 1.82) is 0 Å². The number of nitrogens with zero attached hydrogens (tertiary/aromatic N) is 1. The van der Waals surface area contributed by atoms with Gasteiger partial charge >= 0.3 is 5.97 Å². The number of fused-ring (bicyclic) bond motifs is 1. The highest BCUT2D eigenvalue weighted by atomic mass is 32.1. The van der Waals surface area contributed by atoms with Gasteiger partial charge in [0.15, 0.2) is 0 Å². The van der Waals surface area contributed by atoms with Crippen LogP contribution in [0.2, 0.25) is 0 Å². The Labute approximate surface area is 103 Å². The molecular formula is C12H14N2O2S. The Morgan fingerprint density at radius 3 is 3.00 bits per heavy atom. The van der Waals surface area contributed by atoms with Crippen LogP contribution in [0.15, 0.2) is 24.3 Å². The minimum atomic E-state index is -0.629. The quantitative estimate of drug-likeness (QED) is 0.839.